The van der Waals surface area contributed by atoms with Crippen molar-refractivity contribution in [1.82, 2.24) is 10.2 Å². The van der Waals surface area contributed by atoms with Crippen LogP contribution in [0.15, 0.2) is 24.3 Å². The molecule has 1 aliphatic heterocycles. The molecular formula is C18H26N2O. The summed E-state index contributed by atoms with van der Waals surface area (Å²) in [5.74, 6) is 0.269. The van der Waals surface area contributed by atoms with Crippen LogP contribution in [0.25, 0.3) is 0 Å². The molecular weight excluding hydrogens is 260 g/mol. The van der Waals surface area contributed by atoms with Gasteiger partial charge in [0.1, 0.15) is 0 Å². The van der Waals surface area contributed by atoms with Crippen LogP contribution >= 0.6 is 0 Å². The van der Waals surface area contributed by atoms with E-state index in [4.69, 9.17) is 0 Å². The maximum Gasteiger partial charge on any atom is 0.241 e. The van der Waals surface area contributed by atoms with Crippen LogP contribution < -0.4 is 5.32 Å². The first-order valence-electron chi connectivity index (χ1n) is 8.12. The fraction of sp³-hybridized carbons (Fsp3) is 0.611. The third-order valence-corrected chi connectivity index (χ3v) is 5.36. The topological polar surface area (TPSA) is 32.3 Å². The Bertz CT molecular complexity index is 532. The first kappa shape index (κ1) is 14.6. The monoisotopic (exact) mass is 286 g/mol. The third-order valence-electron chi connectivity index (χ3n) is 5.36. The van der Waals surface area contributed by atoms with Crippen molar-refractivity contribution in [2.24, 2.45) is 0 Å². The second-order valence-electron chi connectivity index (χ2n) is 7.00. The maximum absolute atomic E-state index is 13.1. The minimum atomic E-state index is -0.185. The highest BCUT2D eigenvalue weighted by Gasteiger charge is 2.43. The molecule has 1 aromatic carbocycles. The van der Waals surface area contributed by atoms with Gasteiger partial charge in [-0.05, 0) is 31.0 Å². The van der Waals surface area contributed by atoms with Crippen molar-refractivity contribution in [3.63, 3.8) is 0 Å². The van der Waals surface area contributed by atoms with Crippen LogP contribution in [0, 0.1) is 0 Å². The molecule has 1 aromatic rings. The van der Waals surface area contributed by atoms with Crippen molar-refractivity contribution >= 4 is 5.91 Å². The van der Waals surface area contributed by atoms with E-state index >= 15 is 0 Å². The Kier molecular flexibility index (Phi) is 3.78. The van der Waals surface area contributed by atoms with E-state index < -0.39 is 0 Å². The molecule has 1 fully saturated rings. The van der Waals surface area contributed by atoms with Crippen LogP contribution in [0.1, 0.15) is 50.7 Å². The molecule has 1 unspecified atom stereocenters. The highest BCUT2D eigenvalue weighted by molar-refractivity contribution is 5.85. The van der Waals surface area contributed by atoms with Crippen LogP contribution in [0.3, 0.4) is 0 Å². The average molecular weight is 286 g/mol. The first-order chi connectivity index (χ1) is 10.1. The summed E-state index contributed by atoms with van der Waals surface area (Å²) in [6.07, 6.45) is 4.82. The Hall–Kier alpha value is -1.35. The van der Waals surface area contributed by atoms with Crippen LogP contribution in [-0.2, 0) is 16.8 Å². The first-order valence-corrected chi connectivity index (χ1v) is 8.12. The number of hydrogen-bond donors (Lipinski definition) is 1. The fourth-order valence-electron chi connectivity index (χ4n) is 4.19. The van der Waals surface area contributed by atoms with Gasteiger partial charge in [-0.15, -0.1) is 0 Å². The third kappa shape index (κ3) is 2.38. The normalized spacial score (nSPS) is 25.8. The van der Waals surface area contributed by atoms with Gasteiger partial charge in [-0.3, -0.25) is 4.79 Å². The van der Waals surface area contributed by atoms with Crippen molar-refractivity contribution in [3.05, 3.63) is 35.4 Å². The number of amides is 1. The van der Waals surface area contributed by atoms with Gasteiger partial charge in [0.25, 0.3) is 0 Å². The van der Waals surface area contributed by atoms with Gasteiger partial charge in [0.2, 0.25) is 5.91 Å². The minimum absolute atomic E-state index is 0.151. The lowest BCUT2D eigenvalue weighted by atomic mass is 9.76. The van der Waals surface area contributed by atoms with Crippen LogP contribution in [0.4, 0.5) is 0 Å². The number of nitrogens with one attached hydrogen (secondary N) is 1. The number of fused-ring (bicyclic) bond motifs is 1. The largest absolute Gasteiger partial charge is 0.334 e. The van der Waals surface area contributed by atoms with E-state index in [1.54, 1.807) is 0 Å². The predicted octanol–water partition coefficient (Wildman–Crippen LogP) is 2.84. The van der Waals surface area contributed by atoms with E-state index in [1.807, 2.05) is 7.05 Å². The lowest BCUT2D eigenvalue weighted by molar-refractivity contribution is -0.137. The average Bonchev–Trinajstić information content (AvgIpc) is 2.96. The molecule has 21 heavy (non-hydrogen) atoms. The molecule has 1 heterocycles. The van der Waals surface area contributed by atoms with Crippen molar-refractivity contribution in [2.75, 3.05) is 7.05 Å². The predicted molar refractivity (Wildman–Crippen MR) is 85.1 cm³/mol. The highest BCUT2D eigenvalue weighted by atomic mass is 16.2. The number of hydrogen-bond acceptors (Lipinski definition) is 2. The highest BCUT2D eigenvalue weighted by Crippen LogP contribution is 2.37. The number of rotatable bonds is 2. The Morgan fingerprint density at radius 2 is 1.86 bits per heavy atom. The zero-order valence-corrected chi connectivity index (χ0v) is 13.4. The quantitative estimate of drug-likeness (QED) is 0.906. The molecule has 0 bridgehead atoms. The molecule has 114 valence electrons. The second kappa shape index (κ2) is 5.45. The van der Waals surface area contributed by atoms with E-state index in [0.717, 1.165) is 19.4 Å². The summed E-state index contributed by atoms with van der Waals surface area (Å²) in [7, 11) is 1.91. The molecule has 3 rings (SSSR count). The van der Waals surface area contributed by atoms with E-state index in [-0.39, 0.29) is 17.4 Å². The van der Waals surface area contributed by atoms with Crippen molar-refractivity contribution in [1.29, 1.82) is 0 Å². The van der Waals surface area contributed by atoms with Gasteiger partial charge in [0, 0.05) is 18.0 Å². The smallest absolute Gasteiger partial charge is 0.241 e. The van der Waals surface area contributed by atoms with E-state index in [2.05, 4.69) is 48.3 Å². The molecule has 1 atom stereocenters. The van der Waals surface area contributed by atoms with E-state index in [9.17, 15) is 4.79 Å². The Balaban J connectivity index is 2.06. The van der Waals surface area contributed by atoms with Crippen LogP contribution in [0.2, 0.25) is 0 Å². The molecule has 3 nitrogen and oxygen atoms in total. The molecule has 0 aromatic heterocycles. The number of likely N-dealkylation sites (N-methyl/N-ethyl adjacent to an activating group) is 1. The van der Waals surface area contributed by atoms with Gasteiger partial charge in [-0.1, -0.05) is 51.0 Å². The molecule has 0 radical (unpaired) electrons. The number of carbonyl (C=O) groups is 1. The molecule has 1 aliphatic carbocycles. The van der Waals surface area contributed by atoms with Gasteiger partial charge in [0.15, 0.2) is 0 Å². The molecule has 0 spiro atoms. The molecule has 0 saturated heterocycles. The molecule has 1 N–H and O–H groups in total. The summed E-state index contributed by atoms with van der Waals surface area (Å²) in [6.45, 7) is 5.13. The van der Waals surface area contributed by atoms with Crippen molar-refractivity contribution in [2.45, 2.75) is 63.6 Å². The van der Waals surface area contributed by atoms with Crippen molar-refractivity contribution < 1.29 is 4.79 Å². The number of carbonyl (C=O) groups excluding carboxylic acids is 1. The second-order valence-corrected chi connectivity index (χ2v) is 7.00. The summed E-state index contributed by atoms with van der Waals surface area (Å²) in [4.78, 5) is 15.3. The molecule has 2 aliphatic rings. The Labute approximate surface area is 127 Å². The molecule has 1 saturated carbocycles. The van der Waals surface area contributed by atoms with E-state index in [1.165, 1.54) is 24.0 Å². The van der Waals surface area contributed by atoms with Crippen molar-refractivity contribution in [3.8, 4) is 0 Å². The summed E-state index contributed by atoms with van der Waals surface area (Å²) < 4.78 is 0. The van der Waals surface area contributed by atoms with Gasteiger partial charge in [-0.25, -0.2) is 0 Å². The zero-order chi connectivity index (χ0) is 15.0. The Morgan fingerprint density at radius 1 is 1.19 bits per heavy atom. The fourth-order valence-corrected chi connectivity index (χ4v) is 4.19. The van der Waals surface area contributed by atoms with Gasteiger partial charge in [-0.2, -0.15) is 0 Å². The SMILES string of the molecule is CNC1C(=O)N(C2CCCC2)Cc2ccccc2C1(C)C. The summed E-state index contributed by atoms with van der Waals surface area (Å²) >= 11 is 0. The van der Waals surface area contributed by atoms with Crippen LogP contribution in [-0.4, -0.2) is 29.9 Å². The summed E-state index contributed by atoms with van der Waals surface area (Å²) in [6, 6.07) is 8.82. The molecule has 3 heteroatoms. The lowest BCUT2D eigenvalue weighted by Crippen LogP contribution is -2.54. The summed E-state index contributed by atoms with van der Waals surface area (Å²) in [5.41, 5.74) is 2.43. The standard InChI is InChI=1S/C18H26N2O/c1-18(2)15-11-7-4-8-13(15)12-20(14-9-5-6-10-14)17(21)16(18)19-3/h4,7-8,11,14,16,19H,5-6,9-10,12H2,1-3H3. The number of nitrogens with zero attached hydrogens (tertiary/aromatic N) is 1. The molecule has 1 amide bonds. The Morgan fingerprint density at radius 3 is 2.52 bits per heavy atom. The van der Waals surface area contributed by atoms with Gasteiger partial charge in [0.05, 0.1) is 6.04 Å². The van der Waals surface area contributed by atoms with Crippen LogP contribution in [0.5, 0.6) is 0 Å². The van der Waals surface area contributed by atoms with Gasteiger partial charge >= 0.3 is 0 Å². The van der Waals surface area contributed by atoms with E-state index in [0.29, 0.717) is 6.04 Å². The van der Waals surface area contributed by atoms with Gasteiger partial charge < -0.3 is 10.2 Å². The zero-order valence-electron chi connectivity index (χ0n) is 13.4. The minimum Gasteiger partial charge on any atom is -0.334 e. The lowest BCUT2D eigenvalue weighted by Gasteiger charge is -2.35. The maximum atomic E-state index is 13.1. The summed E-state index contributed by atoms with van der Waals surface area (Å²) in [5, 5.41) is 3.29. The number of benzene rings is 1.